The number of carbonyl (C=O) groups is 2. The number of halogens is 1. The Morgan fingerprint density at radius 3 is 2.78 bits per heavy atom. The van der Waals surface area contributed by atoms with Crippen LogP contribution in [0.1, 0.15) is 31.2 Å². The van der Waals surface area contributed by atoms with Gasteiger partial charge in [0.2, 0.25) is 0 Å². The molecule has 1 aliphatic heterocycles. The topological polar surface area (TPSA) is 69.6 Å². The molecule has 2 aromatic rings. The highest BCUT2D eigenvalue weighted by atomic mass is 35.5. The van der Waals surface area contributed by atoms with E-state index in [4.69, 9.17) is 11.6 Å². The van der Waals surface area contributed by atoms with E-state index < -0.39 is 11.9 Å². The third-order valence-electron chi connectivity index (χ3n) is 3.81. The van der Waals surface area contributed by atoms with Gasteiger partial charge in [-0.15, -0.1) is 11.3 Å². The molecule has 0 radical (unpaired) electrons. The van der Waals surface area contributed by atoms with Crippen molar-refractivity contribution in [3.63, 3.8) is 0 Å². The molecule has 0 fully saturated rings. The van der Waals surface area contributed by atoms with Gasteiger partial charge < -0.3 is 15.3 Å². The summed E-state index contributed by atoms with van der Waals surface area (Å²) in [5.74, 6) is -1.41. The van der Waals surface area contributed by atoms with Crippen LogP contribution < -0.4 is 5.32 Å². The average molecular weight is 351 g/mol. The standard InChI is InChI=1S/C16H15ClN2O3S/c1-19-7-6-10-12(8-19)23-15(13(10)16(21)22)18-14(20)9-4-2-3-5-11(9)17/h2-5H,6-8H2,1H3,(H,18,20)(H,21,22). The molecule has 1 amide bonds. The molecular weight excluding hydrogens is 336 g/mol. The molecule has 23 heavy (non-hydrogen) atoms. The van der Waals surface area contributed by atoms with Crippen LogP contribution in [0.3, 0.4) is 0 Å². The summed E-state index contributed by atoms with van der Waals surface area (Å²) in [7, 11) is 1.99. The zero-order valence-corrected chi connectivity index (χ0v) is 14.0. The number of rotatable bonds is 3. The third kappa shape index (κ3) is 3.10. The smallest absolute Gasteiger partial charge is 0.339 e. The number of thiophene rings is 1. The van der Waals surface area contributed by atoms with E-state index in [2.05, 4.69) is 10.2 Å². The van der Waals surface area contributed by atoms with Crippen LogP contribution in [-0.2, 0) is 13.0 Å². The first-order valence-corrected chi connectivity index (χ1v) is 8.29. The minimum atomic E-state index is -1.01. The molecule has 1 aliphatic rings. The highest BCUT2D eigenvalue weighted by molar-refractivity contribution is 7.17. The molecule has 0 spiro atoms. The molecule has 0 saturated carbocycles. The minimum absolute atomic E-state index is 0.207. The predicted octanol–water partition coefficient (Wildman–Crippen LogP) is 3.34. The molecule has 0 aliphatic carbocycles. The summed E-state index contributed by atoms with van der Waals surface area (Å²) in [5.41, 5.74) is 1.36. The van der Waals surface area contributed by atoms with Crippen molar-refractivity contribution < 1.29 is 14.7 Å². The first-order chi connectivity index (χ1) is 11.0. The predicted molar refractivity (Wildman–Crippen MR) is 90.7 cm³/mol. The summed E-state index contributed by atoms with van der Waals surface area (Å²) in [6.07, 6.45) is 0.673. The quantitative estimate of drug-likeness (QED) is 0.890. The molecule has 3 rings (SSSR count). The SMILES string of the molecule is CN1CCc2c(sc(NC(=O)c3ccccc3Cl)c2C(=O)O)C1. The summed E-state index contributed by atoms with van der Waals surface area (Å²) in [4.78, 5) is 27.2. The Kier molecular flexibility index (Phi) is 4.39. The summed E-state index contributed by atoms with van der Waals surface area (Å²) < 4.78 is 0. The second kappa shape index (κ2) is 6.31. The van der Waals surface area contributed by atoms with Gasteiger partial charge in [0, 0.05) is 18.0 Å². The lowest BCUT2D eigenvalue weighted by molar-refractivity contribution is 0.0696. The van der Waals surface area contributed by atoms with Crippen LogP contribution in [0.2, 0.25) is 5.02 Å². The molecule has 0 atom stereocenters. The zero-order valence-electron chi connectivity index (χ0n) is 12.4. The maximum Gasteiger partial charge on any atom is 0.339 e. The number of fused-ring (bicyclic) bond motifs is 1. The first kappa shape index (κ1) is 16.0. The third-order valence-corrected chi connectivity index (χ3v) is 5.27. The number of nitrogens with one attached hydrogen (secondary N) is 1. The van der Waals surface area contributed by atoms with Gasteiger partial charge in [-0.05, 0) is 31.2 Å². The Morgan fingerprint density at radius 1 is 1.35 bits per heavy atom. The van der Waals surface area contributed by atoms with Crippen LogP contribution >= 0.6 is 22.9 Å². The molecule has 1 aromatic carbocycles. The van der Waals surface area contributed by atoms with Gasteiger partial charge in [0.1, 0.15) is 5.00 Å². The van der Waals surface area contributed by atoms with Crippen molar-refractivity contribution in [3.05, 3.63) is 50.9 Å². The number of hydrogen-bond donors (Lipinski definition) is 2. The number of hydrogen-bond acceptors (Lipinski definition) is 4. The van der Waals surface area contributed by atoms with E-state index in [-0.39, 0.29) is 5.56 Å². The second-order valence-electron chi connectivity index (χ2n) is 5.43. The molecule has 0 saturated heterocycles. The van der Waals surface area contributed by atoms with Crippen LogP contribution in [-0.4, -0.2) is 35.5 Å². The van der Waals surface area contributed by atoms with Gasteiger partial charge in [-0.2, -0.15) is 0 Å². The van der Waals surface area contributed by atoms with Crippen molar-refractivity contribution >= 4 is 39.8 Å². The zero-order chi connectivity index (χ0) is 16.6. The van der Waals surface area contributed by atoms with Gasteiger partial charge in [-0.3, -0.25) is 4.79 Å². The fraction of sp³-hybridized carbons (Fsp3) is 0.250. The van der Waals surface area contributed by atoms with Crippen molar-refractivity contribution in [3.8, 4) is 0 Å². The van der Waals surface area contributed by atoms with Crippen LogP contribution in [0.25, 0.3) is 0 Å². The summed E-state index contributed by atoms with van der Waals surface area (Å²) in [5, 5.41) is 13.0. The Bertz CT molecular complexity index is 788. The highest BCUT2D eigenvalue weighted by Crippen LogP contribution is 2.37. The average Bonchev–Trinajstić information content (AvgIpc) is 2.84. The van der Waals surface area contributed by atoms with Crippen molar-refractivity contribution in [1.82, 2.24) is 4.90 Å². The van der Waals surface area contributed by atoms with Crippen LogP contribution in [0.4, 0.5) is 5.00 Å². The number of aromatic carboxylic acids is 1. The van der Waals surface area contributed by atoms with Gasteiger partial charge in [0.05, 0.1) is 16.1 Å². The Balaban J connectivity index is 1.96. The molecule has 0 bridgehead atoms. The monoisotopic (exact) mass is 350 g/mol. The maximum atomic E-state index is 12.4. The molecule has 5 nitrogen and oxygen atoms in total. The number of likely N-dealkylation sites (N-methyl/N-ethyl adjacent to an activating group) is 1. The molecule has 120 valence electrons. The Hall–Kier alpha value is -1.89. The number of carboxylic acid groups (broad SMARTS) is 1. The number of amides is 1. The highest BCUT2D eigenvalue weighted by Gasteiger charge is 2.27. The normalized spacial score (nSPS) is 14.3. The molecule has 7 heteroatoms. The van der Waals surface area contributed by atoms with Gasteiger partial charge in [0.25, 0.3) is 5.91 Å². The Morgan fingerprint density at radius 2 is 2.09 bits per heavy atom. The number of carbonyl (C=O) groups excluding carboxylic acids is 1. The van der Waals surface area contributed by atoms with Crippen LogP contribution in [0, 0.1) is 0 Å². The lowest BCUT2D eigenvalue weighted by atomic mass is 10.0. The van der Waals surface area contributed by atoms with Gasteiger partial charge >= 0.3 is 5.97 Å². The van der Waals surface area contributed by atoms with E-state index in [0.717, 1.165) is 17.0 Å². The number of nitrogens with zero attached hydrogens (tertiary/aromatic N) is 1. The van der Waals surface area contributed by atoms with E-state index in [1.54, 1.807) is 24.3 Å². The van der Waals surface area contributed by atoms with Gasteiger partial charge in [-0.1, -0.05) is 23.7 Å². The molecule has 2 N–H and O–H groups in total. The number of benzene rings is 1. The maximum absolute atomic E-state index is 12.4. The number of carboxylic acids is 1. The van der Waals surface area contributed by atoms with Crippen molar-refractivity contribution in [2.24, 2.45) is 0 Å². The lowest BCUT2D eigenvalue weighted by Crippen LogP contribution is -2.26. The van der Waals surface area contributed by atoms with Crippen LogP contribution in [0.15, 0.2) is 24.3 Å². The Labute approximate surface area is 142 Å². The van der Waals surface area contributed by atoms with E-state index in [1.807, 2.05) is 7.05 Å². The largest absolute Gasteiger partial charge is 0.478 e. The van der Waals surface area contributed by atoms with Gasteiger partial charge in [0.15, 0.2) is 0 Å². The first-order valence-electron chi connectivity index (χ1n) is 7.09. The minimum Gasteiger partial charge on any atom is -0.478 e. The molecule has 0 unspecified atom stereocenters. The summed E-state index contributed by atoms with van der Waals surface area (Å²) in [6.45, 7) is 1.50. The summed E-state index contributed by atoms with van der Waals surface area (Å²) in [6, 6.07) is 6.69. The van der Waals surface area contributed by atoms with E-state index in [0.29, 0.717) is 28.6 Å². The van der Waals surface area contributed by atoms with E-state index in [1.165, 1.54) is 11.3 Å². The van der Waals surface area contributed by atoms with Crippen molar-refractivity contribution in [1.29, 1.82) is 0 Å². The number of anilines is 1. The summed E-state index contributed by atoms with van der Waals surface area (Å²) >= 11 is 7.35. The van der Waals surface area contributed by atoms with E-state index in [9.17, 15) is 14.7 Å². The molecule has 2 heterocycles. The van der Waals surface area contributed by atoms with Crippen molar-refractivity contribution in [2.75, 3.05) is 18.9 Å². The van der Waals surface area contributed by atoms with E-state index >= 15 is 0 Å². The van der Waals surface area contributed by atoms with Gasteiger partial charge in [-0.25, -0.2) is 4.79 Å². The molecule has 1 aromatic heterocycles. The second-order valence-corrected chi connectivity index (χ2v) is 6.95. The fourth-order valence-electron chi connectivity index (χ4n) is 2.66. The fourth-order valence-corrected chi connectivity index (χ4v) is 4.20. The van der Waals surface area contributed by atoms with Crippen molar-refractivity contribution in [2.45, 2.75) is 13.0 Å². The van der Waals surface area contributed by atoms with Crippen LogP contribution in [0.5, 0.6) is 0 Å². The molecular formula is C16H15ClN2O3S. The lowest BCUT2D eigenvalue weighted by Gasteiger charge is -2.22.